The number of pyridine rings is 1. The van der Waals surface area contributed by atoms with Crippen molar-refractivity contribution in [1.82, 2.24) is 4.98 Å². The highest BCUT2D eigenvalue weighted by atomic mass is 19.1. The molecule has 0 fully saturated rings. The molecule has 54 valence electrons. The van der Waals surface area contributed by atoms with Crippen LogP contribution in [0.25, 0.3) is 0 Å². The van der Waals surface area contributed by atoms with Gasteiger partial charge in [-0.1, -0.05) is 0 Å². The van der Waals surface area contributed by atoms with Gasteiger partial charge in [-0.25, -0.2) is 4.98 Å². The number of aromatic nitrogens is 1. The molecule has 1 rings (SSSR count). The number of hydrogen-bond donors (Lipinski definition) is 2. The highest BCUT2D eigenvalue weighted by Gasteiger charge is 1.98. The molecule has 1 heterocycles. The van der Waals surface area contributed by atoms with Crippen LogP contribution in [0.15, 0.2) is 18.3 Å². The van der Waals surface area contributed by atoms with Gasteiger partial charge in [0.25, 0.3) is 0 Å². The molecule has 1 aromatic rings. The Bertz CT molecular complexity index is 229. The lowest BCUT2D eigenvalue weighted by atomic mass is 10.4. The highest BCUT2D eigenvalue weighted by molar-refractivity contribution is 5.38. The molecule has 0 aliphatic heterocycles. The molecule has 0 spiro atoms. The van der Waals surface area contributed by atoms with Crippen LogP contribution >= 0.6 is 0 Å². The van der Waals surface area contributed by atoms with E-state index in [1.165, 1.54) is 6.07 Å². The van der Waals surface area contributed by atoms with Gasteiger partial charge in [0.15, 0.2) is 0 Å². The molecule has 2 N–H and O–H groups in total. The molecular weight excluding hydrogens is 139 g/mol. The molecule has 0 saturated heterocycles. The summed E-state index contributed by atoms with van der Waals surface area (Å²) >= 11 is 0. The largest absolute Gasteiger partial charge is 0.264 e. The lowest BCUT2D eigenvalue weighted by molar-refractivity contribution is 0.0289. The Morgan fingerprint density at radius 3 is 2.60 bits per heavy atom. The monoisotopic (exact) mass is 144 g/mol. The summed E-state index contributed by atoms with van der Waals surface area (Å²) in [5, 5.41) is 16.5. The van der Waals surface area contributed by atoms with E-state index in [2.05, 4.69) is 4.98 Å². The van der Waals surface area contributed by atoms with Crippen LogP contribution in [-0.2, 0) is 0 Å². The van der Waals surface area contributed by atoms with Crippen LogP contribution in [-0.4, -0.2) is 15.4 Å². The van der Waals surface area contributed by atoms with Gasteiger partial charge in [0.2, 0.25) is 5.95 Å². The van der Waals surface area contributed by atoms with Gasteiger partial charge in [-0.2, -0.15) is 4.39 Å². The molecule has 0 aliphatic rings. The third kappa shape index (κ3) is 1.40. The van der Waals surface area contributed by atoms with Gasteiger partial charge < -0.3 is 0 Å². The van der Waals surface area contributed by atoms with Crippen molar-refractivity contribution in [3.8, 4) is 0 Å². The summed E-state index contributed by atoms with van der Waals surface area (Å²) in [5.41, 5.74) is -0.0625. The Balaban J connectivity index is 2.96. The molecule has 0 aliphatic carbocycles. The van der Waals surface area contributed by atoms with Crippen molar-refractivity contribution < 1.29 is 14.8 Å². The van der Waals surface area contributed by atoms with E-state index < -0.39 is 5.95 Å². The van der Waals surface area contributed by atoms with Crippen LogP contribution in [0.4, 0.5) is 10.1 Å². The topological polar surface area (TPSA) is 56.6 Å². The van der Waals surface area contributed by atoms with E-state index in [4.69, 9.17) is 10.4 Å². The van der Waals surface area contributed by atoms with Crippen LogP contribution in [0, 0.1) is 5.95 Å². The molecular formula is C5H5FN2O2. The van der Waals surface area contributed by atoms with E-state index in [9.17, 15) is 4.39 Å². The van der Waals surface area contributed by atoms with Crippen molar-refractivity contribution in [1.29, 1.82) is 0 Å². The third-order valence-electron chi connectivity index (χ3n) is 0.941. The Labute approximate surface area is 56.1 Å². The fourth-order valence-corrected chi connectivity index (χ4v) is 0.517. The molecule has 0 bridgehead atoms. The van der Waals surface area contributed by atoms with Gasteiger partial charge in [0, 0.05) is 12.3 Å². The van der Waals surface area contributed by atoms with Gasteiger partial charge in [-0.05, 0) is 6.07 Å². The van der Waals surface area contributed by atoms with Gasteiger partial charge >= 0.3 is 0 Å². The molecule has 0 radical (unpaired) electrons. The predicted molar refractivity (Wildman–Crippen MR) is 30.2 cm³/mol. The van der Waals surface area contributed by atoms with Crippen molar-refractivity contribution in [3.63, 3.8) is 0 Å². The SMILES string of the molecule is ON(O)c1ccnc(F)c1. The Hall–Kier alpha value is -1.20. The van der Waals surface area contributed by atoms with Crippen molar-refractivity contribution in [2.45, 2.75) is 0 Å². The maximum absolute atomic E-state index is 12.2. The Morgan fingerprint density at radius 2 is 2.20 bits per heavy atom. The standard InChI is InChI=1S/C5H5FN2O2/c6-5-3-4(8(9)10)1-2-7-5/h1-3,9-10H. The first-order valence-electron chi connectivity index (χ1n) is 2.49. The van der Waals surface area contributed by atoms with Gasteiger partial charge in [0.05, 0.1) is 0 Å². The first-order chi connectivity index (χ1) is 4.70. The van der Waals surface area contributed by atoms with Crippen LogP contribution in [0.3, 0.4) is 0 Å². The summed E-state index contributed by atoms with van der Waals surface area (Å²) in [7, 11) is 0. The van der Waals surface area contributed by atoms with Crippen molar-refractivity contribution in [3.05, 3.63) is 24.3 Å². The highest BCUT2D eigenvalue weighted by Crippen LogP contribution is 2.08. The second kappa shape index (κ2) is 2.59. The molecule has 0 aromatic carbocycles. The van der Waals surface area contributed by atoms with Crippen LogP contribution in [0.1, 0.15) is 0 Å². The zero-order chi connectivity index (χ0) is 7.56. The van der Waals surface area contributed by atoms with Crippen LogP contribution in [0.2, 0.25) is 0 Å². The number of hydrogen-bond acceptors (Lipinski definition) is 4. The zero-order valence-electron chi connectivity index (χ0n) is 4.90. The first kappa shape index (κ1) is 6.91. The van der Waals surface area contributed by atoms with E-state index in [0.29, 0.717) is 0 Å². The minimum atomic E-state index is -0.759. The van der Waals surface area contributed by atoms with E-state index in [1.807, 2.05) is 0 Å². The molecule has 5 heteroatoms. The molecule has 10 heavy (non-hydrogen) atoms. The Kier molecular flexibility index (Phi) is 1.79. The minimum Gasteiger partial charge on any atom is -0.264 e. The molecule has 0 saturated carbocycles. The number of halogens is 1. The quantitative estimate of drug-likeness (QED) is 0.452. The molecule has 0 unspecified atom stereocenters. The molecule has 0 amide bonds. The van der Waals surface area contributed by atoms with Gasteiger partial charge in [0.1, 0.15) is 5.69 Å². The summed E-state index contributed by atoms with van der Waals surface area (Å²) in [6.45, 7) is 0. The average Bonchev–Trinajstić information content (AvgIpc) is 1.88. The summed E-state index contributed by atoms with van der Waals surface area (Å²) in [6.07, 6.45) is 1.13. The third-order valence-corrected chi connectivity index (χ3v) is 0.941. The number of rotatable bonds is 1. The van der Waals surface area contributed by atoms with Gasteiger partial charge in [-0.3, -0.25) is 10.4 Å². The fourth-order valence-electron chi connectivity index (χ4n) is 0.517. The van der Waals surface area contributed by atoms with E-state index in [-0.39, 0.29) is 10.9 Å². The molecule has 4 nitrogen and oxygen atoms in total. The maximum Gasteiger partial charge on any atom is 0.215 e. The molecule has 1 aromatic heterocycles. The lowest BCUT2D eigenvalue weighted by Crippen LogP contribution is -2.11. The first-order valence-corrected chi connectivity index (χ1v) is 2.49. The van der Waals surface area contributed by atoms with E-state index in [1.54, 1.807) is 0 Å². The summed E-state index contributed by atoms with van der Waals surface area (Å²) in [6, 6.07) is 2.14. The maximum atomic E-state index is 12.2. The second-order valence-electron chi connectivity index (χ2n) is 1.63. The zero-order valence-corrected chi connectivity index (χ0v) is 4.90. The number of anilines is 1. The summed E-state index contributed by atoms with van der Waals surface area (Å²) in [5.74, 6) is -0.759. The second-order valence-corrected chi connectivity index (χ2v) is 1.63. The van der Waals surface area contributed by atoms with Crippen LogP contribution < -0.4 is 5.23 Å². The minimum absolute atomic E-state index is 0.0625. The predicted octanol–water partition coefficient (Wildman–Crippen LogP) is 0.805. The normalized spacial score (nSPS) is 9.50. The van der Waals surface area contributed by atoms with Crippen molar-refractivity contribution in [2.24, 2.45) is 0 Å². The Morgan fingerprint density at radius 1 is 1.50 bits per heavy atom. The van der Waals surface area contributed by atoms with Crippen LogP contribution in [0.5, 0.6) is 0 Å². The van der Waals surface area contributed by atoms with E-state index >= 15 is 0 Å². The fraction of sp³-hybridized carbons (Fsp3) is 0. The average molecular weight is 144 g/mol. The lowest BCUT2D eigenvalue weighted by Gasteiger charge is -2.05. The van der Waals surface area contributed by atoms with Crippen molar-refractivity contribution >= 4 is 5.69 Å². The summed E-state index contributed by atoms with van der Waals surface area (Å²) in [4.78, 5) is 3.21. The van der Waals surface area contributed by atoms with Crippen molar-refractivity contribution in [2.75, 3.05) is 5.23 Å². The molecule has 0 atom stereocenters. The number of nitrogens with zero attached hydrogens (tertiary/aromatic N) is 2. The van der Waals surface area contributed by atoms with Gasteiger partial charge in [-0.15, -0.1) is 5.23 Å². The smallest absolute Gasteiger partial charge is 0.215 e. The summed E-state index contributed by atoms with van der Waals surface area (Å²) < 4.78 is 12.2. The van der Waals surface area contributed by atoms with E-state index in [0.717, 1.165) is 12.3 Å².